The highest BCUT2D eigenvalue weighted by atomic mass is 31.2. The van der Waals surface area contributed by atoms with Crippen molar-refractivity contribution in [2.24, 2.45) is 10.9 Å². The van der Waals surface area contributed by atoms with Gasteiger partial charge in [-0.3, -0.25) is 19.9 Å². The molecule has 0 spiro atoms. The maximum atomic E-state index is 13.4. The molecule has 3 aromatic carbocycles. The number of hydrogen-bond donors (Lipinski definition) is 3. The maximum absolute atomic E-state index is 13.4. The van der Waals surface area contributed by atoms with Crippen LogP contribution in [-0.2, 0) is 33.7 Å². The van der Waals surface area contributed by atoms with E-state index in [1.807, 2.05) is 83.8 Å². The summed E-state index contributed by atoms with van der Waals surface area (Å²) in [5, 5.41) is 18.4. The number of rotatable bonds is 19. The lowest BCUT2D eigenvalue weighted by atomic mass is 9.80. The third kappa shape index (κ3) is 9.93. The van der Waals surface area contributed by atoms with E-state index in [1.165, 1.54) is 0 Å². The number of carbonyl (C=O) groups excluding carboxylic acids is 2. The van der Waals surface area contributed by atoms with E-state index in [1.54, 1.807) is 34.4 Å². The predicted molar refractivity (Wildman–Crippen MR) is 228 cm³/mol. The Morgan fingerprint density at radius 2 is 1.57 bits per heavy atom. The van der Waals surface area contributed by atoms with Gasteiger partial charge in [0.25, 0.3) is 14.4 Å². The molecule has 0 aromatic heterocycles. The smallest absolute Gasteiger partial charge is 0.259 e. The summed E-state index contributed by atoms with van der Waals surface area (Å²) in [5.74, 6) is 0.582. The molecule has 3 N–H and O–H groups in total. The van der Waals surface area contributed by atoms with E-state index in [4.69, 9.17) is 28.0 Å². The molecule has 0 aliphatic carbocycles. The molecular formula is C44H58N7O8P. The van der Waals surface area contributed by atoms with Crippen LogP contribution >= 0.6 is 8.53 Å². The Balaban J connectivity index is 1.37. The first-order valence-electron chi connectivity index (χ1n) is 20.5. The zero-order chi connectivity index (χ0) is 43.0. The quantitative estimate of drug-likeness (QED) is 0.0778. The highest BCUT2D eigenvalue weighted by molar-refractivity contribution is 7.44. The van der Waals surface area contributed by atoms with Crippen LogP contribution in [-0.4, -0.2) is 104 Å². The molecule has 0 bridgehead atoms. The Labute approximate surface area is 354 Å². The summed E-state index contributed by atoms with van der Waals surface area (Å²) in [6.45, 7) is 12.2. The van der Waals surface area contributed by atoms with Crippen molar-refractivity contribution < 1.29 is 37.6 Å². The summed E-state index contributed by atoms with van der Waals surface area (Å²) in [7, 11) is 1.59. The molecule has 4 unspecified atom stereocenters. The molecule has 15 nitrogen and oxygen atoms in total. The van der Waals surface area contributed by atoms with Gasteiger partial charge in [0.15, 0.2) is 18.6 Å². The highest BCUT2D eigenvalue weighted by Crippen LogP contribution is 2.50. The molecular weight excluding hydrogens is 785 g/mol. The van der Waals surface area contributed by atoms with Gasteiger partial charge in [0, 0.05) is 24.4 Å². The number of ether oxygens (including phenoxy) is 4. The average Bonchev–Trinajstić information content (AvgIpc) is 3.85. The Morgan fingerprint density at radius 3 is 2.12 bits per heavy atom. The molecule has 60 heavy (non-hydrogen) atoms. The molecule has 2 saturated heterocycles. The second-order valence-electron chi connectivity index (χ2n) is 15.8. The van der Waals surface area contributed by atoms with E-state index in [0.29, 0.717) is 17.9 Å². The van der Waals surface area contributed by atoms with Crippen molar-refractivity contribution in [3.8, 4) is 17.6 Å². The van der Waals surface area contributed by atoms with Crippen LogP contribution in [0.5, 0.6) is 11.5 Å². The van der Waals surface area contributed by atoms with Gasteiger partial charge in [0.2, 0.25) is 5.91 Å². The van der Waals surface area contributed by atoms with E-state index in [2.05, 4.69) is 59.4 Å². The van der Waals surface area contributed by atoms with Crippen LogP contribution in [0.3, 0.4) is 0 Å². The predicted octanol–water partition coefficient (Wildman–Crippen LogP) is 5.60. The minimum Gasteiger partial charge on any atom is -0.497 e. The molecule has 3 aliphatic rings. The van der Waals surface area contributed by atoms with Crippen molar-refractivity contribution in [2.45, 2.75) is 109 Å². The van der Waals surface area contributed by atoms with Crippen LogP contribution in [0.2, 0.25) is 0 Å². The first-order valence-corrected chi connectivity index (χ1v) is 21.6. The molecule has 3 aliphatic heterocycles. The second kappa shape index (κ2) is 20.3. The van der Waals surface area contributed by atoms with Gasteiger partial charge in [-0.05, 0) is 68.7 Å². The normalized spacial score (nSPS) is 23.2. The standard InChI is InChI=1S/C44H58N7O8P/c1-28(2)40(52)48-43-47-39-38(41(53)49-43)46-27-50(39)42-37(59-60(57-24-12-23-45)51(29(3)4)30(5)6)25-36(58-42)26-56-44(31-13-10-9-11-14-31,32-15-19-34(54-7)20-16-32)33-17-21-35(55-8)22-18-33/h9-11,13-22,27-30,36-39,42-43,47H,12,24-26H2,1-8H3,(H,48,52)(H,49,53)/t36-,37+,38?,39?,42+,43?,60?/m0/s1. The first kappa shape index (κ1) is 44.9. The fraction of sp³-hybridized carbons (Fsp3) is 0.500. The fourth-order valence-corrected chi connectivity index (χ4v) is 9.51. The number of fused-ring (bicyclic) bond motifs is 1. The van der Waals surface area contributed by atoms with Gasteiger partial charge < -0.3 is 43.5 Å². The van der Waals surface area contributed by atoms with Gasteiger partial charge in [0.05, 0.1) is 52.4 Å². The molecule has 0 radical (unpaired) electrons. The van der Waals surface area contributed by atoms with Crippen LogP contribution in [0.25, 0.3) is 0 Å². The third-order valence-corrected chi connectivity index (χ3v) is 12.8. The molecule has 0 saturated carbocycles. The zero-order valence-corrected chi connectivity index (χ0v) is 36.5. The van der Waals surface area contributed by atoms with Crippen molar-refractivity contribution in [1.82, 2.24) is 25.5 Å². The minimum absolute atomic E-state index is 0.0605. The van der Waals surface area contributed by atoms with Gasteiger partial charge in [-0.15, -0.1) is 0 Å². The van der Waals surface area contributed by atoms with Gasteiger partial charge in [-0.2, -0.15) is 5.26 Å². The summed E-state index contributed by atoms with van der Waals surface area (Å²) in [6.07, 6.45) is -1.14. The highest BCUT2D eigenvalue weighted by Gasteiger charge is 2.51. The van der Waals surface area contributed by atoms with E-state index in [9.17, 15) is 14.9 Å². The number of nitriles is 1. The minimum atomic E-state index is -1.68. The number of nitrogens with zero attached hydrogens (tertiary/aromatic N) is 4. The molecule has 7 atom stereocenters. The van der Waals surface area contributed by atoms with Crippen LogP contribution in [0, 0.1) is 17.2 Å². The van der Waals surface area contributed by atoms with Crippen LogP contribution in [0.15, 0.2) is 83.9 Å². The number of carbonyl (C=O) groups is 2. The van der Waals surface area contributed by atoms with E-state index in [0.717, 1.165) is 16.7 Å². The first-order chi connectivity index (χ1) is 28.9. The van der Waals surface area contributed by atoms with Crippen molar-refractivity contribution in [3.05, 3.63) is 95.6 Å². The molecule has 2 amide bonds. The summed E-state index contributed by atoms with van der Waals surface area (Å²) in [5.41, 5.74) is 1.56. The van der Waals surface area contributed by atoms with Crippen molar-refractivity contribution in [2.75, 3.05) is 27.4 Å². The Hall–Kier alpha value is -4.65. The topological polar surface area (TPSA) is 168 Å². The van der Waals surface area contributed by atoms with Gasteiger partial charge >= 0.3 is 0 Å². The summed E-state index contributed by atoms with van der Waals surface area (Å²) in [4.78, 5) is 32.6. The molecule has 3 aromatic rings. The van der Waals surface area contributed by atoms with Crippen molar-refractivity contribution in [3.63, 3.8) is 0 Å². The number of amides is 2. The fourth-order valence-electron chi connectivity index (χ4n) is 7.79. The average molecular weight is 844 g/mol. The molecule has 6 rings (SSSR count). The largest absolute Gasteiger partial charge is 0.497 e. The number of benzene rings is 3. The maximum Gasteiger partial charge on any atom is 0.259 e. The van der Waals surface area contributed by atoms with Gasteiger partial charge in [-0.1, -0.05) is 68.4 Å². The summed E-state index contributed by atoms with van der Waals surface area (Å²) >= 11 is 0. The SMILES string of the molecule is COc1ccc(C(OC[C@@H]2C[C@@H](OP(OCCC#N)N(C(C)C)C(C)C)[C@H](N3C=NC4C(=O)NC(NC(=O)C(C)C)NC43)O2)(c2ccccc2)c2ccc(OC)cc2)cc1. The van der Waals surface area contributed by atoms with Crippen LogP contribution < -0.4 is 25.4 Å². The molecule has 322 valence electrons. The van der Waals surface area contributed by atoms with Gasteiger partial charge in [0.1, 0.15) is 29.4 Å². The third-order valence-electron chi connectivity index (χ3n) is 10.7. The number of hydrogen-bond acceptors (Lipinski definition) is 13. The second-order valence-corrected chi connectivity index (χ2v) is 17.2. The lowest BCUT2D eigenvalue weighted by molar-refractivity contribution is -0.135. The Kier molecular flexibility index (Phi) is 15.2. The molecule has 3 heterocycles. The lowest BCUT2D eigenvalue weighted by Gasteiger charge is -2.41. The van der Waals surface area contributed by atoms with Gasteiger partial charge in [-0.25, -0.2) is 4.67 Å². The monoisotopic (exact) mass is 843 g/mol. The number of nitrogens with one attached hydrogen (secondary N) is 3. The Bertz CT molecular complexity index is 1890. The van der Waals surface area contributed by atoms with E-state index < -0.39 is 51.1 Å². The van der Waals surface area contributed by atoms with Crippen molar-refractivity contribution >= 4 is 26.7 Å². The Morgan fingerprint density at radius 1 is 0.967 bits per heavy atom. The number of aliphatic imine (C=N–C) groups is 1. The summed E-state index contributed by atoms with van der Waals surface area (Å²) < 4.78 is 40.9. The van der Waals surface area contributed by atoms with E-state index >= 15 is 0 Å². The molecule has 2 fully saturated rings. The van der Waals surface area contributed by atoms with Crippen LogP contribution in [0.1, 0.15) is 71.1 Å². The number of methoxy groups -OCH3 is 2. The lowest BCUT2D eigenvalue weighted by Crippen LogP contribution is -2.72. The van der Waals surface area contributed by atoms with E-state index in [-0.39, 0.29) is 49.5 Å². The van der Waals surface area contributed by atoms with Crippen LogP contribution in [0.4, 0.5) is 0 Å². The zero-order valence-electron chi connectivity index (χ0n) is 35.6. The summed E-state index contributed by atoms with van der Waals surface area (Å²) in [6, 6.07) is 27.2. The van der Waals surface area contributed by atoms with Crippen molar-refractivity contribution in [1.29, 1.82) is 5.26 Å². The molecule has 16 heteroatoms.